The van der Waals surface area contributed by atoms with Crippen molar-refractivity contribution in [2.75, 3.05) is 14.2 Å². The van der Waals surface area contributed by atoms with Crippen LogP contribution >= 0.6 is 11.6 Å². The van der Waals surface area contributed by atoms with Gasteiger partial charge in [0.25, 0.3) is 0 Å². The molecule has 0 spiro atoms. The Morgan fingerprint density at radius 1 is 1.10 bits per heavy atom. The lowest BCUT2D eigenvalue weighted by atomic mass is 10.1. The van der Waals surface area contributed by atoms with Gasteiger partial charge >= 0.3 is 0 Å². The summed E-state index contributed by atoms with van der Waals surface area (Å²) in [4.78, 5) is 8.96. The molecule has 1 aromatic carbocycles. The van der Waals surface area contributed by atoms with Crippen LogP contribution < -0.4 is 9.47 Å². The zero-order valence-corrected chi connectivity index (χ0v) is 13.5. The van der Waals surface area contributed by atoms with Crippen LogP contribution in [0.25, 0.3) is 11.3 Å². The third kappa shape index (κ3) is 3.27. The van der Waals surface area contributed by atoms with Crippen LogP contribution in [0.3, 0.4) is 0 Å². The number of ether oxygens (including phenoxy) is 2. The van der Waals surface area contributed by atoms with Crippen LogP contribution in [0.2, 0.25) is 5.15 Å². The van der Waals surface area contributed by atoms with E-state index in [1.54, 1.807) is 14.2 Å². The summed E-state index contributed by atoms with van der Waals surface area (Å²) in [5, 5.41) is 0.498. The molecule has 0 N–H and O–H groups in total. The molecule has 0 aliphatic rings. The highest BCUT2D eigenvalue weighted by atomic mass is 35.5. The monoisotopic (exact) mass is 306 g/mol. The Balaban J connectivity index is 2.55. The fourth-order valence-corrected chi connectivity index (χ4v) is 2.32. The Kier molecular flexibility index (Phi) is 5.02. The highest BCUT2D eigenvalue weighted by Gasteiger charge is 2.13. The van der Waals surface area contributed by atoms with E-state index < -0.39 is 0 Å². The predicted octanol–water partition coefficient (Wildman–Crippen LogP) is 4.08. The smallest absolute Gasteiger partial charge is 0.161 e. The summed E-state index contributed by atoms with van der Waals surface area (Å²) in [5.74, 6) is 2.12. The Labute approximate surface area is 130 Å². The minimum Gasteiger partial charge on any atom is -0.493 e. The van der Waals surface area contributed by atoms with E-state index in [4.69, 9.17) is 21.1 Å². The lowest BCUT2D eigenvalue weighted by Crippen LogP contribution is -2.01. The van der Waals surface area contributed by atoms with Crippen LogP contribution in [0.5, 0.6) is 11.5 Å². The van der Waals surface area contributed by atoms with Gasteiger partial charge in [-0.1, -0.05) is 18.5 Å². The molecule has 112 valence electrons. The quantitative estimate of drug-likeness (QED) is 0.781. The van der Waals surface area contributed by atoms with Gasteiger partial charge in [0.15, 0.2) is 11.5 Å². The van der Waals surface area contributed by atoms with Crippen LogP contribution in [0.1, 0.15) is 24.7 Å². The SMILES string of the molecule is CCCc1nc(Cl)c(C)c(-c2ccc(OC)c(OC)c2)n1. The largest absolute Gasteiger partial charge is 0.493 e. The standard InChI is InChI=1S/C16H19ClN2O2/c1-5-6-14-18-15(10(2)16(17)19-14)11-7-8-12(20-3)13(9-11)21-4/h7-9H,5-6H2,1-4H3. The summed E-state index contributed by atoms with van der Waals surface area (Å²) >= 11 is 6.23. The van der Waals surface area contributed by atoms with Gasteiger partial charge < -0.3 is 9.47 Å². The van der Waals surface area contributed by atoms with E-state index in [1.165, 1.54) is 0 Å². The van der Waals surface area contributed by atoms with E-state index in [0.29, 0.717) is 16.7 Å². The molecule has 0 aliphatic carbocycles. The zero-order chi connectivity index (χ0) is 15.4. The molecule has 0 saturated heterocycles. The van der Waals surface area contributed by atoms with E-state index in [2.05, 4.69) is 16.9 Å². The van der Waals surface area contributed by atoms with Crippen LogP contribution in [0.15, 0.2) is 18.2 Å². The second kappa shape index (κ2) is 6.76. The molecule has 4 nitrogen and oxygen atoms in total. The Morgan fingerprint density at radius 3 is 2.43 bits per heavy atom. The number of rotatable bonds is 5. The Bertz CT molecular complexity index is 644. The molecule has 5 heteroatoms. The first-order valence-electron chi connectivity index (χ1n) is 6.86. The lowest BCUT2D eigenvalue weighted by Gasteiger charge is -2.12. The summed E-state index contributed by atoms with van der Waals surface area (Å²) in [6, 6.07) is 5.71. The third-order valence-corrected chi connectivity index (χ3v) is 3.63. The molecule has 1 heterocycles. The van der Waals surface area contributed by atoms with Gasteiger partial charge in [0, 0.05) is 17.5 Å². The van der Waals surface area contributed by atoms with Crippen LogP contribution in [-0.2, 0) is 6.42 Å². The highest BCUT2D eigenvalue weighted by Crippen LogP contribution is 2.34. The van der Waals surface area contributed by atoms with Gasteiger partial charge in [0.1, 0.15) is 11.0 Å². The highest BCUT2D eigenvalue weighted by molar-refractivity contribution is 6.30. The summed E-state index contributed by atoms with van der Waals surface area (Å²) in [7, 11) is 3.23. The number of benzene rings is 1. The lowest BCUT2D eigenvalue weighted by molar-refractivity contribution is 0.355. The number of hydrogen-bond acceptors (Lipinski definition) is 4. The van der Waals surface area contributed by atoms with Crippen LogP contribution in [-0.4, -0.2) is 24.2 Å². The first-order chi connectivity index (χ1) is 10.1. The second-order valence-corrected chi connectivity index (χ2v) is 5.08. The van der Waals surface area contributed by atoms with Crippen molar-refractivity contribution in [1.82, 2.24) is 9.97 Å². The van der Waals surface area contributed by atoms with E-state index in [-0.39, 0.29) is 0 Å². The van der Waals surface area contributed by atoms with Gasteiger partial charge in [-0.3, -0.25) is 0 Å². The van der Waals surface area contributed by atoms with Crippen LogP contribution in [0.4, 0.5) is 0 Å². The van der Waals surface area contributed by atoms with Crippen molar-refractivity contribution in [3.8, 4) is 22.8 Å². The van der Waals surface area contributed by atoms with Crippen molar-refractivity contribution >= 4 is 11.6 Å². The molecule has 0 radical (unpaired) electrons. The molecule has 0 aliphatic heterocycles. The molecule has 1 aromatic heterocycles. The average molecular weight is 307 g/mol. The summed E-state index contributed by atoms with van der Waals surface area (Å²) in [5.41, 5.74) is 2.63. The molecule has 2 rings (SSSR count). The third-order valence-electron chi connectivity index (χ3n) is 3.26. The molecule has 2 aromatic rings. The summed E-state index contributed by atoms with van der Waals surface area (Å²) in [6.07, 6.45) is 1.78. The normalized spacial score (nSPS) is 10.5. The van der Waals surface area contributed by atoms with Gasteiger partial charge in [-0.15, -0.1) is 0 Å². The predicted molar refractivity (Wildman–Crippen MR) is 84.3 cm³/mol. The van der Waals surface area contributed by atoms with Crippen molar-refractivity contribution in [3.05, 3.63) is 34.7 Å². The molecule has 0 unspecified atom stereocenters. The van der Waals surface area contributed by atoms with E-state index >= 15 is 0 Å². The molecule has 0 amide bonds. The number of methoxy groups -OCH3 is 2. The summed E-state index contributed by atoms with van der Waals surface area (Å²) < 4.78 is 10.6. The van der Waals surface area contributed by atoms with Crippen molar-refractivity contribution < 1.29 is 9.47 Å². The minimum atomic E-state index is 0.498. The van der Waals surface area contributed by atoms with Gasteiger partial charge in [-0.2, -0.15) is 0 Å². The number of hydrogen-bond donors (Lipinski definition) is 0. The average Bonchev–Trinajstić information content (AvgIpc) is 2.50. The maximum absolute atomic E-state index is 6.23. The molecule has 21 heavy (non-hydrogen) atoms. The van der Waals surface area contributed by atoms with Crippen molar-refractivity contribution in [3.63, 3.8) is 0 Å². The maximum Gasteiger partial charge on any atom is 0.161 e. The Hall–Kier alpha value is -1.81. The molecule has 0 saturated carbocycles. The van der Waals surface area contributed by atoms with Gasteiger partial charge in [0.05, 0.1) is 19.9 Å². The second-order valence-electron chi connectivity index (χ2n) is 4.72. The molecule has 0 atom stereocenters. The fraction of sp³-hybridized carbons (Fsp3) is 0.375. The van der Waals surface area contributed by atoms with Crippen molar-refractivity contribution in [2.24, 2.45) is 0 Å². The molecule has 0 bridgehead atoms. The van der Waals surface area contributed by atoms with Crippen molar-refractivity contribution in [2.45, 2.75) is 26.7 Å². The number of halogens is 1. The molecular formula is C16H19ClN2O2. The molecular weight excluding hydrogens is 288 g/mol. The number of aryl methyl sites for hydroxylation is 1. The number of nitrogens with zero attached hydrogens (tertiary/aromatic N) is 2. The van der Waals surface area contributed by atoms with E-state index in [9.17, 15) is 0 Å². The fourth-order valence-electron chi connectivity index (χ4n) is 2.13. The minimum absolute atomic E-state index is 0.498. The maximum atomic E-state index is 6.23. The Morgan fingerprint density at radius 2 is 1.81 bits per heavy atom. The van der Waals surface area contributed by atoms with E-state index in [1.807, 2.05) is 25.1 Å². The van der Waals surface area contributed by atoms with Gasteiger partial charge in [-0.25, -0.2) is 9.97 Å². The van der Waals surface area contributed by atoms with Crippen LogP contribution in [0, 0.1) is 6.92 Å². The first-order valence-corrected chi connectivity index (χ1v) is 7.23. The number of aromatic nitrogens is 2. The topological polar surface area (TPSA) is 44.2 Å². The van der Waals surface area contributed by atoms with Crippen molar-refractivity contribution in [1.29, 1.82) is 0 Å². The first kappa shape index (κ1) is 15.6. The summed E-state index contributed by atoms with van der Waals surface area (Å²) in [6.45, 7) is 4.01. The van der Waals surface area contributed by atoms with Gasteiger partial charge in [-0.05, 0) is 31.5 Å². The zero-order valence-electron chi connectivity index (χ0n) is 12.7. The van der Waals surface area contributed by atoms with Gasteiger partial charge in [0.2, 0.25) is 0 Å². The molecule has 0 fully saturated rings. The van der Waals surface area contributed by atoms with E-state index in [0.717, 1.165) is 35.5 Å².